The Morgan fingerprint density at radius 1 is 1.00 bits per heavy atom. The maximum Gasteiger partial charge on any atom is 0.0210 e. The molecule has 1 N–H and O–H groups in total. The molecular weight excluding hydrogens is 250 g/mol. The monoisotopic (exact) mass is 271 g/mol. The van der Waals surface area contributed by atoms with Crippen molar-refractivity contribution >= 4 is 11.8 Å². The Kier molecular flexibility index (Phi) is 5.06. The molecule has 0 saturated carbocycles. The highest BCUT2D eigenvalue weighted by Crippen LogP contribution is 2.28. The Labute approximate surface area is 120 Å². The summed E-state index contributed by atoms with van der Waals surface area (Å²) in [5.74, 6) is 0. The lowest BCUT2D eigenvalue weighted by molar-refractivity contribution is 0.587. The summed E-state index contributed by atoms with van der Waals surface area (Å²) in [6, 6.07) is 17.7. The van der Waals surface area contributed by atoms with Crippen LogP contribution in [0.5, 0.6) is 0 Å². The van der Waals surface area contributed by atoms with E-state index in [0.717, 1.165) is 6.54 Å². The lowest BCUT2D eigenvalue weighted by Crippen LogP contribution is -2.22. The molecule has 0 atom stereocenters. The second-order valence-electron chi connectivity index (χ2n) is 5.04. The molecule has 0 unspecified atom stereocenters. The first-order valence-electron chi connectivity index (χ1n) is 6.71. The first kappa shape index (κ1) is 14.2. The molecule has 0 aromatic heterocycles. The predicted octanol–water partition coefficient (Wildman–Crippen LogP) is 4.64. The summed E-state index contributed by atoms with van der Waals surface area (Å²) in [5.41, 5.74) is 2.74. The Balaban J connectivity index is 2.06. The summed E-state index contributed by atoms with van der Waals surface area (Å²) in [7, 11) is 0. The highest BCUT2D eigenvalue weighted by atomic mass is 32.2. The van der Waals surface area contributed by atoms with Crippen LogP contribution in [0.2, 0.25) is 0 Å². The molecule has 19 heavy (non-hydrogen) atoms. The zero-order valence-electron chi connectivity index (χ0n) is 11.8. The molecular formula is C17H21NS. The topological polar surface area (TPSA) is 12.0 Å². The lowest BCUT2D eigenvalue weighted by atomic mass is 10.1. The van der Waals surface area contributed by atoms with Gasteiger partial charge in [0.25, 0.3) is 0 Å². The Hall–Kier alpha value is -1.25. The van der Waals surface area contributed by atoms with Gasteiger partial charge in [-0.05, 0) is 42.3 Å². The van der Waals surface area contributed by atoms with E-state index in [1.807, 2.05) is 11.8 Å². The van der Waals surface area contributed by atoms with E-state index in [1.54, 1.807) is 0 Å². The second kappa shape index (κ2) is 6.78. The van der Waals surface area contributed by atoms with Gasteiger partial charge >= 0.3 is 0 Å². The van der Waals surface area contributed by atoms with Crippen LogP contribution >= 0.6 is 11.8 Å². The van der Waals surface area contributed by atoms with Crippen molar-refractivity contribution in [3.63, 3.8) is 0 Å². The second-order valence-corrected chi connectivity index (χ2v) is 6.19. The van der Waals surface area contributed by atoms with E-state index in [-0.39, 0.29) is 0 Å². The Bertz CT molecular complexity index is 520. The number of nitrogens with one attached hydrogen (secondary N) is 1. The van der Waals surface area contributed by atoms with E-state index in [2.05, 4.69) is 74.6 Å². The van der Waals surface area contributed by atoms with Crippen molar-refractivity contribution in [1.29, 1.82) is 0 Å². The van der Waals surface area contributed by atoms with Gasteiger partial charge in [0.05, 0.1) is 0 Å². The van der Waals surface area contributed by atoms with Crippen molar-refractivity contribution in [3.8, 4) is 0 Å². The molecule has 0 saturated heterocycles. The van der Waals surface area contributed by atoms with Crippen molar-refractivity contribution in [1.82, 2.24) is 5.32 Å². The zero-order chi connectivity index (χ0) is 13.7. The Morgan fingerprint density at radius 3 is 2.37 bits per heavy atom. The number of hydrogen-bond acceptors (Lipinski definition) is 2. The van der Waals surface area contributed by atoms with Gasteiger partial charge in [-0.2, -0.15) is 0 Å². The van der Waals surface area contributed by atoms with E-state index >= 15 is 0 Å². The third-order valence-electron chi connectivity index (χ3n) is 2.99. The van der Waals surface area contributed by atoms with E-state index in [1.165, 1.54) is 20.9 Å². The maximum atomic E-state index is 3.46. The van der Waals surface area contributed by atoms with Gasteiger partial charge in [0, 0.05) is 22.4 Å². The smallest absolute Gasteiger partial charge is 0.0210 e. The summed E-state index contributed by atoms with van der Waals surface area (Å²) in [5, 5.41) is 3.46. The van der Waals surface area contributed by atoms with Gasteiger partial charge < -0.3 is 5.32 Å². The summed E-state index contributed by atoms with van der Waals surface area (Å²) in [6.07, 6.45) is 0. The van der Waals surface area contributed by atoms with Crippen LogP contribution in [-0.4, -0.2) is 6.04 Å². The standard InChI is InChI=1S/C17H21NS/c1-13(2)18-12-15-9-10-17(11-14(15)3)19-16-7-5-4-6-8-16/h4-11,13,18H,12H2,1-3H3. The van der Waals surface area contributed by atoms with Crippen LogP contribution in [0.1, 0.15) is 25.0 Å². The average Bonchev–Trinajstić information content (AvgIpc) is 2.39. The van der Waals surface area contributed by atoms with Crippen LogP contribution < -0.4 is 5.32 Å². The summed E-state index contributed by atoms with van der Waals surface area (Å²) >= 11 is 1.81. The molecule has 2 rings (SSSR count). The van der Waals surface area contributed by atoms with Gasteiger partial charge in [0.15, 0.2) is 0 Å². The number of hydrogen-bond donors (Lipinski definition) is 1. The molecule has 1 nitrogen and oxygen atoms in total. The van der Waals surface area contributed by atoms with Gasteiger partial charge in [-0.15, -0.1) is 0 Å². The van der Waals surface area contributed by atoms with Crippen molar-refractivity contribution in [3.05, 3.63) is 59.7 Å². The average molecular weight is 271 g/mol. The third kappa shape index (κ3) is 4.41. The molecule has 0 heterocycles. The molecule has 0 aliphatic carbocycles. The predicted molar refractivity (Wildman–Crippen MR) is 83.7 cm³/mol. The molecule has 0 amide bonds. The minimum atomic E-state index is 0.526. The molecule has 0 aliphatic rings. The molecule has 0 radical (unpaired) electrons. The normalized spacial score (nSPS) is 10.9. The van der Waals surface area contributed by atoms with Crippen molar-refractivity contribution < 1.29 is 0 Å². The minimum absolute atomic E-state index is 0.526. The van der Waals surface area contributed by atoms with Gasteiger partial charge in [0.1, 0.15) is 0 Å². The summed E-state index contributed by atoms with van der Waals surface area (Å²) < 4.78 is 0. The molecule has 2 heteroatoms. The highest BCUT2D eigenvalue weighted by Gasteiger charge is 2.02. The SMILES string of the molecule is Cc1cc(Sc2ccccc2)ccc1CNC(C)C. The van der Waals surface area contributed by atoms with Gasteiger partial charge in [-0.1, -0.05) is 49.9 Å². The van der Waals surface area contributed by atoms with E-state index < -0.39 is 0 Å². The highest BCUT2D eigenvalue weighted by molar-refractivity contribution is 7.99. The van der Waals surface area contributed by atoms with Gasteiger partial charge in [-0.3, -0.25) is 0 Å². The molecule has 0 aliphatic heterocycles. The fourth-order valence-electron chi connectivity index (χ4n) is 1.87. The van der Waals surface area contributed by atoms with Crippen LogP contribution in [0.4, 0.5) is 0 Å². The van der Waals surface area contributed by atoms with Crippen LogP contribution in [0.25, 0.3) is 0 Å². The van der Waals surface area contributed by atoms with Gasteiger partial charge in [-0.25, -0.2) is 0 Å². The molecule has 0 fully saturated rings. The largest absolute Gasteiger partial charge is 0.310 e. The van der Waals surface area contributed by atoms with Crippen molar-refractivity contribution in [2.75, 3.05) is 0 Å². The van der Waals surface area contributed by atoms with E-state index in [0.29, 0.717) is 6.04 Å². The molecule has 2 aromatic carbocycles. The minimum Gasteiger partial charge on any atom is -0.310 e. The van der Waals surface area contributed by atoms with E-state index in [9.17, 15) is 0 Å². The maximum absolute atomic E-state index is 3.46. The molecule has 0 spiro atoms. The molecule has 100 valence electrons. The first-order chi connectivity index (χ1) is 9.15. The summed E-state index contributed by atoms with van der Waals surface area (Å²) in [4.78, 5) is 2.59. The lowest BCUT2D eigenvalue weighted by Gasteiger charge is -2.11. The number of aryl methyl sites for hydroxylation is 1. The van der Waals surface area contributed by atoms with Crippen LogP contribution in [0, 0.1) is 6.92 Å². The van der Waals surface area contributed by atoms with Crippen LogP contribution in [0.3, 0.4) is 0 Å². The number of benzene rings is 2. The van der Waals surface area contributed by atoms with E-state index in [4.69, 9.17) is 0 Å². The molecule has 2 aromatic rings. The van der Waals surface area contributed by atoms with Crippen molar-refractivity contribution in [2.24, 2.45) is 0 Å². The van der Waals surface area contributed by atoms with Crippen LogP contribution in [0.15, 0.2) is 58.3 Å². The van der Waals surface area contributed by atoms with Crippen molar-refractivity contribution in [2.45, 2.75) is 43.1 Å². The first-order valence-corrected chi connectivity index (χ1v) is 7.52. The number of rotatable bonds is 5. The fraction of sp³-hybridized carbons (Fsp3) is 0.294. The molecule has 0 bridgehead atoms. The quantitative estimate of drug-likeness (QED) is 0.850. The fourth-order valence-corrected chi connectivity index (χ4v) is 2.81. The van der Waals surface area contributed by atoms with Crippen LogP contribution in [-0.2, 0) is 6.54 Å². The summed E-state index contributed by atoms with van der Waals surface area (Å²) in [6.45, 7) is 7.48. The Morgan fingerprint density at radius 2 is 1.74 bits per heavy atom. The zero-order valence-corrected chi connectivity index (χ0v) is 12.6. The van der Waals surface area contributed by atoms with Gasteiger partial charge in [0.2, 0.25) is 0 Å². The third-order valence-corrected chi connectivity index (χ3v) is 3.99.